The Kier molecular flexibility index (Phi) is 4.95. The molecule has 0 amide bonds. The fourth-order valence-electron chi connectivity index (χ4n) is 1.50. The zero-order valence-corrected chi connectivity index (χ0v) is 9.51. The van der Waals surface area contributed by atoms with E-state index in [9.17, 15) is 4.79 Å². The molecule has 0 aliphatic rings. The van der Waals surface area contributed by atoms with Crippen molar-refractivity contribution in [1.29, 1.82) is 0 Å². The van der Waals surface area contributed by atoms with Crippen LogP contribution in [0.15, 0.2) is 30.3 Å². The van der Waals surface area contributed by atoms with E-state index >= 15 is 0 Å². The molecule has 0 aliphatic heterocycles. The molecule has 0 saturated carbocycles. The van der Waals surface area contributed by atoms with Gasteiger partial charge in [0.15, 0.2) is 0 Å². The molecule has 1 aromatic carbocycles. The van der Waals surface area contributed by atoms with Crippen LogP contribution in [-0.2, 0) is 9.53 Å². The first-order valence-corrected chi connectivity index (χ1v) is 5.18. The van der Waals surface area contributed by atoms with Gasteiger partial charge >= 0.3 is 5.97 Å². The van der Waals surface area contributed by atoms with E-state index in [1.54, 1.807) is 0 Å². The third kappa shape index (κ3) is 3.64. The Morgan fingerprint density at radius 3 is 2.56 bits per heavy atom. The van der Waals surface area contributed by atoms with Crippen LogP contribution in [0.25, 0.3) is 0 Å². The highest BCUT2D eigenvalue weighted by Gasteiger charge is 2.19. The lowest BCUT2D eigenvalue weighted by Gasteiger charge is -2.19. The summed E-state index contributed by atoms with van der Waals surface area (Å²) in [5.41, 5.74) is 1.06. The fraction of sp³-hybridized carbons (Fsp3) is 0.417. The van der Waals surface area contributed by atoms with Crippen molar-refractivity contribution in [2.24, 2.45) is 0 Å². The van der Waals surface area contributed by atoms with Gasteiger partial charge in [0, 0.05) is 13.2 Å². The minimum absolute atomic E-state index is 0.0163. The van der Waals surface area contributed by atoms with Gasteiger partial charge < -0.3 is 9.84 Å². The second kappa shape index (κ2) is 6.25. The van der Waals surface area contributed by atoms with E-state index in [4.69, 9.17) is 9.84 Å². The van der Waals surface area contributed by atoms with Crippen molar-refractivity contribution >= 4 is 5.97 Å². The van der Waals surface area contributed by atoms with Crippen molar-refractivity contribution in [1.82, 2.24) is 5.32 Å². The van der Waals surface area contributed by atoms with E-state index in [1.807, 2.05) is 37.3 Å². The van der Waals surface area contributed by atoms with E-state index in [0.717, 1.165) is 5.56 Å². The van der Waals surface area contributed by atoms with Gasteiger partial charge in [-0.15, -0.1) is 0 Å². The van der Waals surface area contributed by atoms with Crippen LogP contribution in [-0.4, -0.2) is 30.8 Å². The summed E-state index contributed by atoms with van der Waals surface area (Å²) < 4.78 is 4.86. The smallest absolute Gasteiger partial charge is 0.323 e. The van der Waals surface area contributed by atoms with Crippen LogP contribution >= 0.6 is 0 Å². The molecule has 0 aromatic heterocycles. The summed E-state index contributed by atoms with van der Waals surface area (Å²) >= 11 is 0. The van der Waals surface area contributed by atoms with Crippen molar-refractivity contribution in [3.05, 3.63) is 35.9 Å². The van der Waals surface area contributed by atoms with Crippen molar-refractivity contribution in [2.45, 2.75) is 19.0 Å². The normalized spacial score (nSPS) is 14.4. The molecule has 1 rings (SSSR count). The predicted molar refractivity (Wildman–Crippen MR) is 61.3 cm³/mol. The SMILES string of the molecule is COCC(NC(C)c1ccccc1)C(=O)O. The lowest BCUT2D eigenvalue weighted by Crippen LogP contribution is -2.41. The lowest BCUT2D eigenvalue weighted by molar-refractivity contribution is -0.141. The van der Waals surface area contributed by atoms with Crippen molar-refractivity contribution in [3.63, 3.8) is 0 Å². The summed E-state index contributed by atoms with van der Waals surface area (Å²) in [4.78, 5) is 10.9. The Morgan fingerprint density at radius 2 is 2.06 bits per heavy atom. The molecule has 0 spiro atoms. The van der Waals surface area contributed by atoms with E-state index < -0.39 is 12.0 Å². The molecule has 88 valence electrons. The van der Waals surface area contributed by atoms with Crippen LogP contribution in [0.4, 0.5) is 0 Å². The number of hydrogen-bond acceptors (Lipinski definition) is 3. The zero-order chi connectivity index (χ0) is 12.0. The molecule has 16 heavy (non-hydrogen) atoms. The third-order valence-electron chi connectivity index (χ3n) is 2.38. The molecule has 1 aromatic rings. The van der Waals surface area contributed by atoms with E-state index in [-0.39, 0.29) is 12.6 Å². The third-order valence-corrected chi connectivity index (χ3v) is 2.38. The highest BCUT2D eigenvalue weighted by Crippen LogP contribution is 2.11. The van der Waals surface area contributed by atoms with Gasteiger partial charge in [-0.05, 0) is 12.5 Å². The first-order chi connectivity index (χ1) is 7.65. The number of benzene rings is 1. The molecule has 4 heteroatoms. The fourth-order valence-corrected chi connectivity index (χ4v) is 1.50. The Hall–Kier alpha value is -1.39. The molecular weight excluding hydrogens is 206 g/mol. The molecule has 0 radical (unpaired) electrons. The number of methoxy groups -OCH3 is 1. The van der Waals surface area contributed by atoms with Crippen molar-refractivity contribution in [2.75, 3.05) is 13.7 Å². The molecule has 0 saturated heterocycles. The maximum absolute atomic E-state index is 10.9. The average Bonchev–Trinajstić information content (AvgIpc) is 2.29. The summed E-state index contributed by atoms with van der Waals surface area (Å²) in [5, 5.41) is 12.0. The first kappa shape index (κ1) is 12.7. The highest BCUT2D eigenvalue weighted by atomic mass is 16.5. The molecule has 4 nitrogen and oxygen atoms in total. The topological polar surface area (TPSA) is 58.6 Å². The number of hydrogen-bond donors (Lipinski definition) is 2. The molecule has 0 heterocycles. The molecule has 0 bridgehead atoms. The Bertz CT molecular complexity index is 326. The quantitative estimate of drug-likeness (QED) is 0.766. The number of carboxylic acid groups (broad SMARTS) is 1. The van der Waals surface area contributed by atoms with Gasteiger partial charge in [-0.2, -0.15) is 0 Å². The van der Waals surface area contributed by atoms with Gasteiger partial charge in [0.2, 0.25) is 0 Å². The van der Waals surface area contributed by atoms with Crippen LogP contribution < -0.4 is 5.32 Å². The standard InChI is InChI=1S/C12H17NO3/c1-9(10-6-4-3-5-7-10)13-11(8-16-2)12(14)15/h3-7,9,11,13H,8H2,1-2H3,(H,14,15). The largest absolute Gasteiger partial charge is 0.480 e. The summed E-state index contributed by atoms with van der Waals surface area (Å²) in [7, 11) is 1.49. The summed E-state index contributed by atoms with van der Waals surface area (Å²) in [6.45, 7) is 2.09. The second-order valence-corrected chi connectivity index (χ2v) is 3.65. The summed E-state index contributed by atoms with van der Waals surface area (Å²) in [5.74, 6) is -0.898. The van der Waals surface area contributed by atoms with Crippen molar-refractivity contribution < 1.29 is 14.6 Å². The zero-order valence-electron chi connectivity index (χ0n) is 9.51. The number of carboxylic acids is 1. The maximum Gasteiger partial charge on any atom is 0.323 e. The average molecular weight is 223 g/mol. The minimum Gasteiger partial charge on any atom is -0.480 e. The van der Waals surface area contributed by atoms with Gasteiger partial charge in [0.25, 0.3) is 0 Å². The van der Waals surface area contributed by atoms with Gasteiger partial charge in [-0.3, -0.25) is 10.1 Å². The molecule has 2 atom stereocenters. The highest BCUT2D eigenvalue weighted by molar-refractivity contribution is 5.73. The second-order valence-electron chi connectivity index (χ2n) is 3.65. The summed E-state index contributed by atoms with van der Waals surface area (Å²) in [6.07, 6.45) is 0. The number of nitrogens with one attached hydrogen (secondary N) is 1. The van der Waals surface area contributed by atoms with Crippen LogP contribution in [0.3, 0.4) is 0 Å². The Balaban J connectivity index is 2.61. The Labute approximate surface area is 95.2 Å². The molecule has 0 fully saturated rings. The maximum atomic E-state index is 10.9. The van der Waals surface area contributed by atoms with Gasteiger partial charge in [0.05, 0.1) is 6.61 Å². The monoisotopic (exact) mass is 223 g/mol. The van der Waals surface area contributed by atoms with E-state index in [0.29, 0.717) is 0 Å². The van der Waals surface area contributed by atoms with E-state index in [2.05, 4.69) is 5.32 Å². The number of ether oxygens (including phenoxy) is 1. The van der Waals surface area contributed by atoms with Gasteiger partial charge in [-0.25, -0.2) is 0 Å². The number of carbonyl (C=O) groups is 1. The molecular formula is C12H17NO3. The van der Waals surface area contributed by atoms with Crippen LogP contribution in [0.2, 0.25) is 0 Å². The molecule has 0 aliphatic carbocycles. The number of rotatable bonds is 6. The van der Waals surface area contributed by atoms with Crippen molar-refractivity contribution in [3.8, 4) is 0 Å². The van der Waals surface area contributed by atoms with E-state index in [1.165, 1.54) is 7.11 Å². The summed E-state index contributed by atoms with van der Waals surface area (Å²) in [6, 6.07) is 9.02. The predicted octanol–water partition coefficient (Wildman–Crippen LogP) is 1.44. The lowest BCUT2D eigenvalue weighted by atomic mass is 10.1. The minimum atomic E-state index is -0.898. The molecule has 2 N–H and O–H groups in total. The Morgan fingerprint density at radius 1 is 1.44 bits per heavy atom. The first-order valence-electron chi connectivity index (χ1n) is 5.18. The van der Waals surface area contributed by atoms with Crippen LogP contribution in [0.5, 0.6) is 0 Å². The van der Waals surface area contributed by atoms with Gasteiger partial charge in [0.1, 0.15) is 6.04 Å². The van der Waals surface area contributed by atoms with Gasteiger partial charge in [-0.1, -0.05) is 30.3 Å². The number of aliphatic carboxylic acids is 1. The van der Waals surface area contributed by atoms with Crippen LogP contribution in [0, 0.1) is 0 Å². The van der Waals surface area contributed by atoms with Crippen LogP contribution in [0.1, 0.15) is 18.5 Å². The molecule has 2 unspecified atom stereocenters.